The van der Waals surface area contributed by atoms with Gasteiger partial charge in [-0.15, -0.1) is 0 Å². The van der Waals surface area contributed by atoms with Crippen LogP contribution < -0.4 is 5.73 Å². The van der Waals surface area contributed by atoms with Crippen LogP contribution in [0.5, 0.6) is 0 Å². The molecule has 2 N–H and O–H groups in total. The van der Waals surface area contributed by atoms with E-state index in [1.807, 2.05) is 6.92 Å². The highest BCUT2D eigenvalue weighted by atomic mass is 16.6. The normalized spacial score (nSPS) is 19.7. The predicted octanol–water partition coefficient (Wildman–Crippen LogP) is 2.05. The van der Waals surface area contributed by atoms with Crippen LogP contribution in [0, 0.1) is 0 Å². The maximum atomic E-state index is 6.19. The van der Waals surface area contributed by atoms with E-state index in [9.17, 15) is 0 Å². The van der Waals surface area contributed by atoms with Crippen molar-refractivity contribution in [2.75, 3.05) is 13.2 Å². The number of hydrogen-bond acceptors (Lipinski definition) is 3. The van der Waals surface area contributed by atoms with E-state index in [-0.39, 0.29) is 18.2 Å². The van der Waals surface area contributed by atoms with Gasteiger partial charge in [-0.1, -0.05) is 31.2 Å². The second kappa shape index (κ2) is 5.63. The highest BCUT2D eigenvalue weighted by Gasteiger charge is 2.25. The lowest BCUT2D eigenvalue weighted by Crippen LogP contribution is -2.41. The van der Waals surface area contributed by atoms with Crippen molar-refractivity contribution in [3.8, 4) is 0 Å². The minimum absolute atomic E-state index is 0.0244. The van der Waals surface area contributed by atoms with Gasteiger partial charge in [-0.2, -0.15) is 0 Å². The van der Waals surface area contributed by atoms with Gasteiger partial charge in [0.15, 0.2) is 0 Å². The first-order valence-electron chi connectivity index (χ1n) is 6.28. The summed E-state index contributed by atoms with van der Waals surface area (Å²) in [6.07, 6.45) is 1.31. The Morgan fingerprint density at radius 1 is 1.35 bits per heavy atom. The van der Waals surface area contributed by atoms with E-state index in [4.69, 9.17) is 15.2 Å². The van der Waals surface area contributed by atoms with E-state index < -0.39 is 0 Å². The van der Waals surface area contributed by atoms with Crippen LogP contribution >= 0.6 is 0 Å². The molecule has 2 unspecified atom stereocenters. The molecule has 0 saturated carbocycles. The first kappa shape index (κ1) is 12.6. The Balaban J connectivity index is 1.94. The van der Waals surface area contributed by atoms with Crippen LogP contribution in [0.3, 0.4) is 0 Å². The van der Waals surface area contributed by atoms with Gasteiger partial charge in [-0.25, -0.2) is 0 Å². The second-order valence-corrected chi connectivity index (χ2v) is 4.62. The fraction of sp³-hybridized carbons (Fsp3) is 0.571. The summed E-state index contributed by atoms with van der Waals surface area (Å²) >= 11 is 0. The number of nitrogens with two attached hydrogens (primary N) is 1. The van der Waals surface area contributed by atoms with Crippen LogP contribution in [0.1, 0.15) is 31.0 Å². The Labute approximate surface area is 103 Å². The monoisotopic (exact) mass is 235 g/mol. The van der Waals surface area contributed by atoms with Gasteiger partial charge in [0.2, 0.25) is 0 Å². The summed E-state index contributed by atoms with van der Waals surface area (Å²) in [7, 11) is 0. The third-order valence-electron chi connectivity index (χ3n) is 3.29. The van der Waals surface area contributed by atoms with Crippen LogP contribution in [0.15, 0.2) is 24.3 Å². The van der Waals surface area contributed by atoms with E-state index in [0.717, 1.165) is 12.0 Å². The molecule has 0 aromatic heterocycles. The third-order valence-corrected chi connectivity index (χ3v) is 3.29. The molecule has 0 radical (unpaired) electrons. The molecule has 0 amide bonds. The zero-order chi connectivity index (χ0) is 12.3. The molecule has 1 heterocycles. The topological polar surface area (TPSA) is 44.5 Å². The van der Waals surface area contributed by atoms with Crippen molar-refractivity contribution in [3.63, 3.8) is 0 Å². The van der Waals surface area contributed by atoms with Gasteiger partial charge >= 0.3 is 0 Å². The van der Waals surface area contributed by atoms with Gasteiger partial charge in [-0.05, 0) is 24.5 Å². The van der Waals surface area contributed by atoms with Crippen LogP contribution in [-0.2, 0) is 15.9 Å². The summed E-state index contributed by atoms with van der Waals surface area (Å²) in [6.45, 7) is 5.58. The molecule has 3 nitrogen and oxygen atoms in total. The summed E-state index contributed by atoms with van der Waals surface area (Å²) in [5.74, 6) is 0. The van der Waals surface area contributed by atoms with E-state index in [0.29, 0.717) is 13.2 Å². The van der Waals surface area contributed by atoms with Crippen molar-refractivity contribution < 1.29 is 9.47 Å². The summed E-state index contributed by atoms with van der Waals surface area (Å²) < 4.78 is 10.9. The Morgan fingerprint density at radius 3 is 2.47 bits per heavy atom. The lowest BCUT2D eigenvalue weighted by Gasteiger charge is -2.31. The number of rotatable bonds is 5. The standard InChI is InChI=1S/C14H21NO2/c1-3-11-4-6-12(7-5-11)14(15)10(2)17-13-8-16-9-13/h4-7,10,13-14H,3,8-9,15H2,1-2H3. The smallest absolute Gasteiger partial charge is 0.105 e. The fourth-order valence-electron chi connectivity index (χ4n) is 1.93. The molecule has 1 aliphatic heterocycles. The maximum Gasteiger partial charge on any atom is 0.105 e. The zero-order valence-corrected chi connectivity index (χ0v) is 10.6. The van der Waals surface area contributed by atoms with Gasteiger partial charge in [0, 0.05) is 0 Å². The molecule has 2 atom stereocenters. The zero-order valence-electron chi connectivity index (χ0n) is 10.6. The van der Waals surface area contributed by atoms with Crippen molar-refractivity contribution >= 4 is 0 Å². The van der Waals surface area contributed by atoms with Gasteiger partial charge in [0.25, 0.3) is 0 Å². The Morgan fingerprint density at radius 2 is 2.00 bits per heavy atom. The van der Waals surface area contributed by atoms with E-state index in [1.54, 1.807) is 0 Å². The van der Waals surface area contributed by atoms with E-state index in [2.05, 4.69) is 31.2 Å². The average molecular weight is 235 g/mol. The summed E-state index contributed by atoms with van der Waals surface area (Å²) in [6, 6.07) is 8.39. The van der Waals surface area contributed by atoms with Crippen molar-refractivity contribution in [1.29, 1.82) is 0 Å². The van der Waals surface area contributed by atoms with Crippen LogP contribution in [-0.4, -0.2) is 25.4 Å². The minimum atomic E-state index is -0.0680. The molecule has 17 heavy (non-hydrogen) atoms. The summed E-state index contributed by atoms with van der Waals surface area (Å²) in [5, 5.41) is 0. The molecule has 1 aromatic rings. The highest BCUT2D eigenvalue weighted by molar-refractivity contribution is 5.25. The van der Waals surface area contributed by atoms with Gasteiger partial charge in [0.05, 0.1) is 25.4 Å². The SMILES string of the molecule is CCc1ccc(C(N)C(C)OC2COC2)cc1. The molecule has 1 saturated heterocycles. The lowest BCUT2D eigenvalue weighted by atomic mass is 10.0. The number of aryl methyl sites for hydroxylation is 1. The van der Waals surface area contributed by atoms with Crippen molar-refractivity contribution in [2.24, 2.45) is 5.73 Å². The molecule has 1 aliphatic rings. The molecule has 3 heteroatoms. The number of hydrogen-bond donors (Lipinski definition) is 1. The van der Waals surface area contributed by atoms with E-state index in [1.165, 1.54) is 5.56 Å². The van der Waals surface area contributed by atoms with Crippen molar-refractivity contribution in [3.05, 3.63) is 35.4 Å². The minimum Gasteiger partial charge on any atom is -0.376 e. The van der Waals surface area contributed by atoms with Crippen molar-refractivity contribution in [2.45, 2.75) is 38.5 Å². The molecule has 2 rings (SSSR count). The Hall–Kier alpha value is -0.900. The number of ether oxygens (including phenoxy) is 2. The maximum absolute atomic E-state index is 6.19. The summed E-state index contributed by atoms with van der Waals surface area (Å²) in [4.78, 5) is 0. The van der Waals surface area contributed by atoms with Gasteiger partial charge in [0.1, 0.15) is 6.10 Å². The predicted molar refractivity (Wildman–Crippen MR) is 67.9 cm³/mol. The molecule has 0 aliphatic carbocycles. The van der Waals surface area contributed by atoms with Crippen molar-refractivity contribution in [1.82, 2.24) is 0 Å². The second-order valence-electron chi connectivity index (χ2n) is 4.62. The van der Waals surface area contributed by atoms with Gasteiger partial charge in [-0.3, -0.25) is 0 Å². The number of benzene rings is 1. The largest absolute Gasteiger partial charge is 0.376 e. The lowest BCUT2D eigenvalue weighted by molar-refractivity contribution is -0.155. The first-order chi connectivity index (χ1) is 8.20. The van der Waals surface area contributed by atoms with E-state index >= 15 is 0 Å². The van der Waals surface area contributed by atoms with Crippen LogP contribution in [0.25, 0.3) is 0 Å². The molecule has 0 bridgehead atoms. The molecular weight excluding hydrogens is 214 g/mol. The highest BCUT2D eigenvalue weighted by Crippen LogP contribution is 2.20. The molecule has 94 valence electrons. The quantitative estimate of drug-likeness (QED) is 0.849. The first-order valence-corrected chi connectivity index (χ1v) is 6.28. The Kier molecular flexibility index (Phi) is 4.15. The molecule has 1 fully saturated rings. The van der Waals surface area contributed by atoms with Gasteiger partial charge < -0.3 is 15.2 Å². The Bertz CT molecular complexity index is 346. The fourth-order valence-corrected chi connectivity index (χ4v) is 1.93. The average Bonchev–Trinajstić information content (AvgIpc) is 2.32. The summed E-state index contributed by atoms with van der Waals surface area (Å²) in [5.41, 5.74) is 8.66. The van der Waals surface area contributed by atoms with Crippen LogP contribution in [0.2, 0.25) is 0 Å². The molecule has 1 aromatic carbocycles. The van der Waals surface area contributed by atoms with Crippen LogP contribution in [0.4, 0.5) is 0 Å². The molecule has 0 spiro atoms. The third kappa shape index (κ3) is 3.06. The molecular formula is C14H21NO2.